The quantitative estimate of drug-likeness (QED) is 0.241. The van der Waals surface area contributed by atoms with Crippen LogP contribution in [0.15, 0.2) is 68.5 Å². The molecule has 2 aromatic carbocycles. The van der Waals surface area contributed by atoms with Gasteiger partial charge in [0.1, 0.15) is 0 Å². The zero-order valence-corrected chi connectivity index (χ0v) is 24.9. The van der Waals surface area contributed by atoms with E-state index in [4.69, 9.17) is 0 Å². The summed E-state index contributed by atoms with van der Waals surface area (Å²) in [5.74, 6) is -4.39. The fraction of sp³-hybridized carbons (Fsp3) is 0.312. The predicted molar refractivity (Wildman–Crippen MR) is 148 cm³/mol. The minimum atomic E-state index is -5.07. The van der Waals surface area contributed by atoms with Crippen LogP contribution in [0.1, 0.15) is 40.5 Å². The predicted octanol–water partition coefficient (Wildman–Crippen LogP) is 5.78. The van der Waals surface area contributed by atoms with E-state index < -0.39 is 50.7 Å². The van der Waals surface area contributed by atoms with Crippen LogP contribution in [0.3, 0.4) is 0 Å². The molecule has 0 N–H and O–H groups in total. The van der Waals surface area contributed by atoms with Crippen molar-refractivity contribution in [2.45, 2.75) is 40.5 Å². The third-order valence-corrected chi connectivity index (χ3v) is 16.7. The zero-order chi connectivity index (χ0) is 29.5. The summed E-state index contributed by atoms with van der Waals surface area (Å²) in [6, 6.07) is 4.64. The molecule has 2 aliphatic carbocycles. The summed E-state index contributed by atoms with van der Waals surface area (Å²) in [6.45, 7) is 7.44. The molecule has 0 aromatic heterocycles. The first-order chi connectivity index (χ1) is 19.3. The van der Waals surface area contributed by atoms with Crippen LogP contribution < -0.4 is 17.5 Å². The minimum absolute atomic E-state index is 0.101. The summed E-state index contributed by atoms with van der Waals surface area (Å²) in [4.78, 5) is 28.3. The van der Waals surface area contributed by atoms with E-state index in [0.29, 0.717) is 7.76 Å². The van der Waals surface area contributed by atoms with Gasteiger partial charge in [-0.05, 0) is 0 Å². The first-order valence-corrected chi connectivity index (χ1v) is 16.8. The summed E-state index contributed by atoms with van der Waals surface area (Å²) in [7, 11) is 0. The topological polar surface area (TPSA) is 40.6 Å². The van der Waals surface area contributed by atoms with Crippen LogP contribution in [-0.4, -0.2) is 24.9 Å². The fourth-order valence-corrected chi connectivity index (χ4v) is 14.9. The molecule has 9 heteroatoms. The van der Waals surface area contributed by atoms with Crippen LogP contribution in [-0.2, 0) is 26.2 Å². The molecule has 0 radical (unpaired) electrons. The molecular weight excluding hydrogens is 568 g/mol. The zero-order valence-electron chi connectivity index (χ0n) is 23.3. The van der Waals surface area contributed by atoms with Crippen LogP contribution in [0, 0.1) is 34.1 Å². The standard InChI is InChI=1S/2C11H10F2NO.2C5H5.Ti/c2*1-11(2)6-14(10(11)15)9-4-3-7(12)5-8(9)13;2*1-2-4-5-3-1;/h2*3-4H,6H2,1-2H3;2*1-3H,4H2;. The molecule has 0 unspecified atom stereocenters. The molecule has 4 nitrogen and oxygen atoms in total. The average molecular weight is 598 g/mol. The fourth-order valence-electron chi connectivity index (χ4n) is 6.62. The van der Waals surface area contributed by atoms with Crippen molar-refractivity contribution in [3.05, 3.63) is 91.7 Å². The third kappa shape index (κ3) is 3.90. The Morgan fingerprint density at radius 1 is 0.659 bits per heavy atom. The van der Waals surface area contributed by atoms with Gasteiger partial charge in [0, 0.05) is 0 Å². The Morgan fingerprint density at radius 2 is 1.05 bits per heavy atom. The van der Waals surface area contributed by atoms with Crippen LogP contribution in [0.4, 0.5) is 28.9 Å². The third-order valence-electron chi connectivity index (χ3n) is 8.73. The first kappa shape index (κ1) is 27.9. The average Bonchev–Trinajstić information content (AvgIpc) is 3.66. The van der Waals surface area contributed by atoms with Gasteiger partial charge in [0.05, 0.1) is 0 Å². The number of hydrogen-bond acceptors (Lipinski definition) is 2. The van der Waals surface area contributed by atoms with Crippen molar-refractivity contribution in [3.8, 4) is 0 Å². The molecule has 212 valence electrons. The van der Waals surface area contributed by atoms with Gasteiger partial charge in [0.25, 0.3) is 0 Å². The van der Waals surface area contributed by atoms with Crippen LogP contribution in [0.5, 0.6) is 0 Å². The molecule has 2 aromatic rings. The van der Waals surface area contributed by atoms with Crippen LogP contribution in [0.25, 0.3) is 0 Å². The second-order valence-electron chi connectivity index (χ2n) is 12.5. The number of anilines is 2. The number of rotatable bonds is 6. The van der Waals surface area contributed by atoms with Crippen LogP contribution >= 0.6 is 0 Å². The molecule has 2 saturated heterocycles. The van der Waals surface area contributed by atoms with Crippen molar-refractivity contribution in [3.63, 3.8) is 0 Å². The molecule has 4 aliphatic rings. The molecule has 2 amide bonds. The monoisotopic (exact) mass is 598 g/mol. The van der Waals surface area contributed by atoms with Crippen molar-refractivity contribution in [2.75, 3.05) is 22.9 Å². The summed E-state index contributed by atoms with van der Waals surface area (Å²) in [6.07, 6.45) is 11.1. The van der Waals surface area contributed by atoms with Gasteiger partial charge < -0.3 is 0 Å². The maximum absolute atomic E-state index is 16.9. The Labute approximate surface area is 240 Å². The number of carbonyl (C=O) groups is 2. The molecule has 0 bridgehead atoms. The molecule has 6 rings (SSSR count). The van der Waals surface area contributed by atoms with Gasteiger partial charge in [0.15, 0.2) is 0 Å². The Morgan fingerprint density at radius 3 is 1.34 bits per heavy atom. The normalized spacial score (nSPS) is 20.8. The van der Waals surface area contributed by atoms with Crippen molar-refractivity contribution >= 4 is 30.9 Å². The molecule has 0 spiro atoms. The Hall–Kier alpha value is -3.23. The van der Waals surface area contributed by atoms with Gasteiger partial charge in [-0.3, -0.25) is 0 Å². The Kier molecular flexibility index (Phi) is 6.40. The SMILES string of the molecule is CC1(C)CN(c2ccc(F)[c]([Ti]([C]3=CC=CC3)([C]3=CC=CC3)[c]3c(F)ccc(N4CC(C)(C)C4=O)c3F)c2F)C1=O. The van der Waals surface area contributed by atoms with E-state index in [9.17, 15) is 9.59 Å². The van der Waals surface area contributed by atoms with Crippen molar-refractivity contribution in [1.82, 2.24) is 0 Å². The van der Waals surface area contributed by atoms with Gasteiger partial charge in [-0.1, -0.05) is 0 Å². The number of amides is 2. The van der Waals surface area contributed by atoms with Crippen molar-refractivity contribution in [1.29, 1.82) is 0 Å². The van der Waals surface area contributed by atoms with Gasteiger partial charge >= 0.3 is 241 Å². The van der Waals surface area contributed by atoms with E-state index in [1.807, 2.05) is 0 Å². The van der Waals surface area contributed by atoms with Crippen molar-refractivity contribution < 1.29 is 43.7 Å². The van der Waals surface area contributed by atoms with Crippen molar-refractivity contribution in [2.24, 2.45) is 10.8 Å². The molecule has 0 saturated carbocycles. The summed E-state index contributed by atoms with van der Waals surface area (Å²) >= 11 is -5.07. The second kappa shape index (κ2) is 9.40. The van der Waals surface area contributed by atoms with Gasteiger partial charge in [0.2, 0.25) is 0 Å². The number of hydrogen-bond donors (Lipinski definition) is 0. The van der Waals surface area contributed by atoms with E-state index >= 15 is 17.6 Å². The second-order valence-corrected chi connectivity index (χ2v) is 18.4. The molecule has 41 heavy (non-hydrogen) atoms. The van der Waals surface area contributed by atoms with Crippen LogP contribution in [0.2, 0.25) is 0 Å². The van der Waals surface area contributed by atoms with Gasteiger partial charge in [-0.2, -0.15) is 0 Å². The number of carbonyl (C=O) groups excluding carboxylic acids is 2. The summed E-state index contributed by atoms with van der Waals surface area (Å²) in [5.41, 5.74) is -1.59. The molecule has 2 aliphatic heterocycles. The maximum atomic E-state index is 16.9. The van der Waals surface area contributed by atoms with E-state index in [0.717, 1.165) is 12.1 Å². The molecule has 0 atom stereocenters. The van der Waals surface area contributed by atoms with E-state index in [-0.39, 0.29) is 56.9 Å². The van der Waals surface area contributed by atoms with E-state index in [2.05, 4.69) is 0 Å². The Bertz CT molecular complexity index is 1530. The number of allylic oxidation sites excluding steroid dienone is 8. The Balaban J connectivity index is 1.67. The van der Waals surface area contributed by atoms with E-state index in [1.165, 1.54) is 21.9 Å². The van der Waals surface area contributed by atoms with Gasteiger partial charge in [-0.15, -0.1) is 0 Å². The molecule has 2 fully saturated rings. The first-order valence-electron chi connectivity index (χ1n) is 13.7. The van der Waals surface area contributed by atoms with E-state index in [1.54, 1.807) is 64.2 Å². The van der Waals surface area contributed by atoms with Gasteiger partial charge in [-0.25, -0.2) is 0 Å². The number of nitrogens with zero attached hydrogens (tertiary/aromatic N) is 2. The number of benzene rings is 2. The summed E-state index contributed by atoms with van der Waals surface area (Å²) in [5, 5.41) is 0. The summed E-state index contributed by atoms with van der Waals surface area (Å²) < 4.78 is 66.6. The number of halogens is 4. The molecular formula is C32H30F4N2O2Ti. The molecule has 2 heterocycles. The number of β-lactam (4-membered cyclic amide) rings is 2.